The first-order valence-corrected chi connectivity index (χ1v) is 6.61. The second kappa shape index (κ2) is 5.83. The van der Waals surface area contributed by atoms with Crippen molar-refractivity contribution in [2.75, 3.05) is 18.2 Å². The van der Waals surface area contributed by atoms with Crippen molar-refractivity contribution in [3.8, 4) is 5.75 Å². The van der Waals surface area contributed by atoms with Gasteiger partial charge >= 0.3 is 0 Å². The zero-order chi connectivity index (χ0) is 14.7. The molecule has 0 atom stereocenters. The molecule has 2 aromatic rings. The molecular weight excluding hydrogens is 322 g/mol. The van der Waals surface area contributed by atoms with E-state index in [-0.39, 0.29) is 0 Å². The van der Waals surface area contributed by atoms with E-state index in [1.807, 2.05) is 12.1 Å². The van der Waals surface area contributed by atoms with Gasteiger partial charge in [-0.15, -0.1) is 0 Å². The van der Waals surface area contributed by atoms with Crippen LogP contribution in [0, 0.1) is 0 Å². The van der Waals surface area contributed by atoms with Gasteiger partial charge in [-0.05, 0) is 46.3 Å². The number of para-hydroxylation sites is 1. The van der Waals surface area contributed by atoms with Crippen molar-refractivity contribution in [2.24, 2.45) is 5.73 Å². The fraction of sp³-hybridized carbons (Fsp3) is 0.0714. The number of nitrogens with one attached hydrogen (secondary N) is 1. The maximum Gasteiger partial charge on any atom is 0.250 e. The molecule has 0 aliphatic carbocycles. The van der Waals surface area contributed by atoms with E-state index in [4.69, 9.17) is 16.2 Å². The number of ether oxygens (including phenoxy) is 1. The highest BCUT2D eigenvalue weighted by Gasteiger charge is 2.11. The zero-order valence-electron chi connectivity index (χ0n) is 10.8. The first-order chi connectivity index (χ1) is 9.52. The van der Waals surface area contributed by atoms with E-state index >= 15 is 0 Å². The topological polar surface area (TPSA) is 90.4 Å². The van der Waals surface area contributed by atoms with E-state index in [9.17, 15) is 4.79 Å². The molecule has 104 valence electrons. The lowest BCUT2D eigenvalue weighted by Gasteiger charge is -2.13. The van der Waals surface area contributed by atoms with Gasteiger partial charge < -0.3 is 21.5 Å². The Morgan fingerprint density at radius 2 is 2.05 bits per heavy atom. The van der Waals surface area contributed by atoms with Gasteiger partial charge in [0.1, 0.15) is 5.75 Å². The van der Waals surface area contributed by atoms with Crippen LogP contribution < -0.4 is 21.5 Å². The molecule has 0 aliphatic rings. The van der Waals surface area contributed by atoms with Crippen LogP contribution in [0.25, 0.3) is 0 Å². The lowest BCUT2D eigenvalue weighted by atomic mass is 10.1. The summed E-state index contributed by atoms with van der Waals surface area (Å²) in [4.78, 5) is 11.4. The average Bonchev–Trinajstić information content (AvgIpc) is 2.41. The van der Waals surface area contributed by atoms with Crippen LogP contribution in [-0.2, 0) is 0 Å². The molecule has 6 heteroatoms. The Bertz CT molecular complexity index is 659. The summed E-state index contributed by atoms with van der Waals surface area (Å²) in [5.74, 6) is 0.180. The molecule has 5 N–H and O–H groups in total. The largest absolute Gasteiger partial charge is 0.496 e. The van der Waals surface area contributed by atoms with E-state index in [0.29, 0.717) is 22.7 Å². The van der Waals surface area contributed by atoms with Crippen molar-refractivity contribution in [1.29, 1.82) is 0 Å². The Labute approximate surface area is 125 Å². The lowest BCUT2D eigenvalue weighted by molar-refractivity contribution is 0.100. The molecule has 2 aromatic carbocycles. The number of carbonyl (C=O) groups is 1. The van der Waals surface area contributed by atoms with E-state index in [2.05, 4.69) is 21.2 Å². The van der Waals surface area contributed by atoms with Crippen LogP contribution in [0.5, 0.6) is 5.75 Å². The molecule has 0 fully saturated rings. The van der Waals surface area contributed by atoms with E-state index in [0.717, 1.165) is 10.2 Å². The number of nitrogen functional groups attached to an aromatic ring is 1. The lowest BCUT2D eigenvalue weighted by Crippen LogP contribution is -2.14. The van der Waals surface area contributed by atoms with Gasteiger partial charge in [-0.25, -0.2) is 0 Å². The molecule has 0 bridgehead atoms. The van der Waals surface area contributed by atoms with Crippen LogP contribution in [-0.4, -0.2) is 13.0 Å². The number of hydrogen-bond donors (Lipinski definition) is 3. The number of hydrogen-bond acceptors (Lipinski definition) is 4. The average molecular weight is 336 g/mol. The number of methoxy groups -OCH3 is 1. The number of anilines is 3. The minimum Gasteiger partial charge on any atom is -0.496 e. The van der Waals surface area contributed by atoms with Crippen LogP contribution in [0.2, 0.25) is 0 Å². The Morgan fingerprint density at radius 3 is 2.65 bits per heavy atom. The number of carbonyl (C=O) groups excluding carboxylic acids is 1. The van der Waals surface area contributed by atoms with Gasteiger partial charge in [0.15, 0.2) is 0 Å². The molecule has 0 saturated heterocycles. The van der Waals surface area contributed by atoms with E-state index in [1.165, 1.54) is 0 Å². The van der Waals surface area contributed by atoms with E-state index < -0.39 is 5.91 Å². The summed E-state index contributed by atoms with van der Waals surface area (Å²) < 4.78 is 5.95. The highest BCUT2D eigenvalue weighted by molar-refractivity contribution is 9.10. The third kappa shape index (κ3) is 2.85. The third-order valence-corrected chi connectivity index (χ3v) is 3.40. The summed E-state index contributed by atoms with van der Waals surface area (Å²) in [5.41, 5.74) is 13.3. The standard InChI is InChI=1S/C14H14BrN3O2/c1-20-12-6-5-8(7-10(12)15)18-13-9(14(17)19)3-2-4-11(13)16/h2-7,18H,16H2,1H3,(H2,17,19). The van der Waals surface area contributed by atoms with Crippen molar-refractivity contribution >= 4 is 38.9 Å². The van der Waals surface area contributed by atoms with Gasteiger partial charge in [0.05, 0.1) is 28.5 Å². The van der Waals surface area contributed by atoms with Crippen LogP contribution in [0.3, 0.4) is 0 Å². The number of nitrogens with two attached hydrogens (primary N) is 2. The van der Waals surface area contributed by atoms with Crippen LogP contribution in [0.15, 0.2) is 40.9 Å². The minimum atomic E-state index is -0.535. The minimum absolute atomic E-state index is 0.344. The first kappa shape index (κ1) is 14.2. The molecule has 1 amide bonds. The molecule has 0 spiro atoms. The van der Waals surface area contributed by atoms with Crippen LogP contribution in [0.4, 0.5) is 17.1 Å². The SMILES string of the molecule is COc1ccc(Nc2c(N)cccc2C(N)=O)cc1Br. The van der Waals surface area contributed by atoms with Crippen molar-refractivity contribution < 1.29 is 9.53 Å². The number of rotatable bonds is 4. The first-order valence-electron chi connectivity index (χ1n) is 5.81. The fourth-order valence-electron chi connectivity index (χ4n) is 1.80. The van der Waals surface area contributed by atoms with Gasteiger partial charge in [0, 0.05) is 5.69 Å². The fourth-order valence-corrected chi connectivity index (χ4v) is 2.34. The second-order valence-electron chi connectivity index (χ2n) is 4.11. The maximum absolute atomic E-state index is 11.4. The Hall–Kier alpha value is -2.21. The van der Waals surface area contributed by atoms with Gasteiger partial charge in [-0.1, -0.05) is 6.07 Å². The highest BCUT2D eigenvalue weighted by Crippen LogP contribution is 2.32. The smallest absolute Gasteiger partial charge is 0.250 e. The van der Waals surface area contributed by atoms with Gasteiger partial charge in [0.2, 0.25) is 0 Å². The van der Waals surface area contributed by atoms with E-state index in [1.54, 1.807) is 31.4 Å². The predicted molar refractivity (Wildman–Crippen MR) is 83.3 cm³/mol. The maximum atomic E-state index is 11.4. The molecule has 0 heterocycles. The summed E-state index contributed by atoms with van der Waals surface area (Å²) in [6, 6.07) is 10.5. The molecule has 2 rings (SSSR count). The number of primary amides is 1. The summed E-state index contributed by atoms with van der Waals surface area (Å²) in [6.45, 7) is 0. The molecule has 0 aliphatic heterocycles. The van der Waals surface area contributed by atoms with Gasteiger partial charge in [-0.3, -0.25) is 4.79 Å². The van der Waals surface area contributed by atoms with Gasteiger partial charge in [-0.2, -0.15) is 0 Å². The van der Waals surface area contributed by atoms with Crippen LogP contribution in [0.1, 0.15) is 10.4 Å². The number of halogens is 1. The molecule has 0 unspecified atom stereocenters. The Balaban J connectivity index is 2.39. The number of benzene rings is 2. The highest BCUT2D eigenvalue weighted by atomic mass is 79.9. The molecule has 0 aromatic heterocycles. The monoisotopic (exact) mass is 335 g/mol. The predicted octanol–water partition coefficient (Wildman–Crippen LogP) is 2.88. The summed E-state index contributed by atoms with van der Waals surface area (Å²) in [6.07, 6.45) is 0. The molecule has 20 heavy (non-hydrogen) atoms. The quantitative estimate of drug-likeness (QED) is 0.749. The second-order valence-corrected chi connectivity index (χ2v) is 4.96. The third-order valence-electron chi connectivity index (χ3n) is 2.78. The normalized spacial score (nSPS) is 10.1. The van der Waals surface area contributed by atoms with Crippen molar-refractivity contribution in [3.05, 3.63) is 46.4 Å². The molecule has 0 saturated carbocycles. The summed E-state index contributed by atoms with van der Waals surface area (Å²) in [7, 11) is 1.59. The van der Waals surface area contributed by atoms with Crippen molar-refractivity contribution in [2.45, 2.75) is 0 Å². The van der Waals surface area contributed by atoms with Crippen LogP contribution >= 0.6 is 15.9 Å². The van der Waals surface area contributed by atoms with Crippen molar-refractivity contribution in [1.82, 2.24) is 0 Å². The molecular formula is C14H14BrN3O2. The zero-order valence-corrected chi connectivity index (χ0v) is 12.4. The Morgan fingerprint density at radius 1 is 1.30 bits per heavy atom. The summed E-state index contributed by atoms with van der Waals surface area (Å²) in [5, 5.41) is 3.10. The molecule has 5 nitrogen and oxygen atoms in total. The van der Waals surface area contributed by atoms with Crippen molar-refractivity contribution in [3.63, 3.8) is 0 Å². The van der Waals surface area contributed by atoms with Gasteiger partial charge in [0.25, 0.3) is 5.91 Å². The summed E-state index contributed by atoms with van der Waals surface area (Å²) >= 11 is 3.40. The Kier molecular flexibility index (Phi) is 4.14. The number of amides is 1. The molecule has 0 radical (unpaired) electrons.